The number of likely N-dealkylation sites (tertiary alicyclic amines) is 1. The quantitative estimate of drug-likeness (QED) is 0.798. The summed E-state index contributed by atoms with van der Waals surface area (Å²) < 4.78 is 17.0. The summed E-state index contributed by atoms with van der Waals surface area (Å²) in [4.78, 5) is 14.0. The highest BCUT2D eigenvalue weighted by Gasteiger charge is 2.47. The number of aliphatic hydroxyl groups excluding tert-OH is 1. The number of benzene rings is 1. The average Bonchev–Trinajstić information content (AvgIpc) is 2.98. The lowest BCUT2D eigenvalue weighted by Crippen LogP contribution is -2.53. The van der Waals surface area contributed by atoms with Crippen molar-refractivity contribution in [2.24, 2.45) is 0 Å². The first-order valence-electron chi connectivity index (χ1n) is 8.95. The van der Waals surface area contributed by atoms with Crippen LogP contribution in [0.15, 0.2) is 18.2 Å². The molecule has 0 aliphatic carbocycles. The highest BCUT2D eigenvalue weighted by atomic mass is 16.5. The Balaban J connectivity index is 1.86. The van der Waals surface area contributed by atoms with Gasteiger partial charge in [0.15, 0.2) is 0 Å². The van der Waals surface area contributed by atoms with Crippen molar-refractivity contribution in [2.75, 3.05) is 26.4 Å². The molecule has 0 spiro atoms. The van der Waals surface area contributed by atoms with E-state index in [2.05, 4.69) is 0 Å². The van der Waals surface area contributed by atoms with E-state index < -0.39 is 11.7 Å². The zero-order valence-electron chi connectivity index (χ0n) is 15.2. The van der Waals surface area contributed by atoms with Crippen molar-refractivity contribution in [1.29, 1.82) is 0 Å². The Kier molecular flexibility index (Phi) is 5.20. The summed E-state index contributed by atoms with van der Waals surface area (Å²) in [5.74, 6) is 1.44. The highest BCUT2D eigenvalue weighted by Crippen LogP contribution is 2.45. The van der Waals surface area contributed by atoms with Crippen LogP contribution < -0.4 is 9.47 Å². The van der Waals surface area contributed by atoms with Crippen molar-refractivity contribution in [3.05, 3.63) is 23.8 Å². The van der Waals surface area contributed by atoms with Gasteiger partial charge in [0.05, 0.1) is 12.6 Å². The van der Waals surface area contributed by atoms with E-state index in [1.807, 2.05) is 39.0 Å². The Morgan fingerprint density at radius 1 is 1.36 bits per heavy atom. The molecule has 0 radical (unpaired) electrons. The van der Waals surface area contributed by atoms with E-state index in [0.717, 1.165) is 12.0 Å². The van der Waals surface area contributed by atoms with Gasteiger partial charge >= 0.3 is 0 Å². The molecule has 1 N–H and O–H groups in total. The lowest BCUT2D eigenvalue weighted by Gasteiger charge is -2.45. The van der Waals surface area contributed by atoms with Gasteiger partial charge in [-0.2, -0.15) is 0 Å². The molecule has 0 bridgehead atoms. The summed E-state index contributed by atoms with van der Waals surface area (Å²) in [6.07, 6.45) is 0.585. The Hall–Kier alpha value is -1.79. The fourth-order valence-corrected chi connectivity index (χ4v) is 3.50. The van der Waals surface area contributed by atoms with Crippen LogP contribution in [0.1, 0.15) is 45.2 Å². The molecule has 0 unspecified atom stereocenters. The first kappa shape index (κ1) is 18.0. The van der Waals surface area contributed by atoms with Crippen LogP contribution in [0.3, 0.4) is 0 Å². The van der Waals surface area contributed by atoms with Gasteiger partial charge in [0, 0.05) is 31.2 Å². The molecule has 0 aromatic heterocycles. The monoisotopic (exact) mass is 349 g/mol. The minimum atomic E-state index is -0.787. The van der Waals surface area contributed by atoms with Crippen molar-refractivity contribution in [3.8, 4) is 11.5 Å². The number of aliphatic hydroxyl groups is 1. The Morgan fingerprint density at radius 2 is 2.16 bits per heavy atom. The van der Waals surface area contributed by atoms with Crippen molar-refractivity contribution in [2.45, 2.75) is 51.4 Å². The summed E-state index contributed by atoms with van der Waals surface area (Å²) in [7, 11) is 0. The molecule has 6 nitrogen and oxygen atoms in total. The predicted molar refractivity (Wildman–Crippen MR) is 92.8 cm³/mol. The number of carbonyl (C=O) groups is 1. The molecule has 1 fully saturated rings. The van der Waals surface area contributed by atoms with Crippen LogP contribution in [0.2, 0.25) is 0 Å². The molecule has 6 heteroatoms. The van der Waals surface area contributed by atoms with Crippen molar-refractivity contribution >= 4 is 5.91 Å². The second-order valence-corrected chi connectivity index (χ2v) is 7.03. The molecular weight excluding hydrogens is 322 g/mol. The van der Waals surface area contributed by atoms with Gasteiger partial charge < -0.3 is 24.2 Å². The number of nitrogens with zero attached hydrogens (tertiary/aromatic N) is 1. The minimum absolute atomic E-state index is 0.0877. The van der Waals surface area contributed by atoms with E-state index in [1.165, 1.54) is 0 Å². The third-order valence-corrected chi connectivity index (χ3v) is 4.83. The third kappa shape index (κ3) is 3.60. The third-order valence-electron chi connectivity index (χ3n) is 4.83. The van der Waals surface area contributed by atoms with Gasteiger partial charge in [-0.1, -0.05) is 0 Å². The first-order valence-corrected chi connectivity index (χ1v) is 8.95. The number of fused-ring (bicyclic) bond motifs is 1. The first-order chi connectivity index (χ1) is 11.9. The molecule has 2 heterocycles. The molecule has 1 amide bonds. The SMILES string of the molecule is CCOCCOc1ccc2c(c1)OC(C)(C)[C@H](O)[C@H]2N1CCCC1=O. The van der Waals surface area contributed by atoms with Crippen molar-refractivity contribution in [3.63, 3.8) is 0 Å². The van der Waals surface area contributed by atoms with Crippen LogP contribution in [-0.4, -0.2) is 54.0 Å². The lowest BCUT2D eigenvalue weighted by atomic mass is 9.85. The molecule has 1 aromatic carbocycles. The second kappa shape index (κ2) is 7.22. The molecule has 2 aliphatic heterocycles. The van der Waals surface area contributed by atoms with Gasteiger partial charge in [-0.25, -0.2) is 0 Å². The van der Waals surface area contributed by atoms with Crippen LogP contribution in [0, 0.1) is 0 Å². The lowest BCUT2D eigenvalue weighted by molar-refractivity contribution is -0.139. The molecule has 138 valence electrons. The minimum Gasteiger partial charge on any atom is -0.491 e. The zero-order chi connectivity index (χ0) is 18.0. The number of hydrogen-bond acceptors (Lipinski definition) is 5. The maximum Gasteiger partial charge on any atom is 0.223 e. The number of carbonyl (C=O) groups excluding carboxylic acids is 1. The topological polar surface area (TPSA) is 68.2 Å². The van der Waals surface area contributed by atoms with E-state index in [9.17, 15) is 9.90 Å². The maximum atomic E-state index is 12.2. The fraction of sp³-hybridized carbons (Fsp3) is 0.632. The highest BCUT2D eigenvalue weighted by molar-refractivity contribution is 5.79. The van der Waals surface area contributed by atoms with Crippen LogP contribution in [0.5, 0.6) is 11.5 Å². The second-order valence-electron chi connectivity index (χ2n) is 7.03. The smallest absolute Gasteiger partial charge is 0.223 e. The van der Waals surface area contributed by atoms with Crippen LogP contribution in [0.25, 0.3) is 0 Å². The fourth-order valence-electron chi connectivity index (χ4n) is 3.50. The Labute approximate surface area is 148 Å². The summed E-state index contributed by atoms with van der Waals surface area (Å²) in [5, 5.41) is 10.8. The van der Waals surface area contributed by atoms with Gasteiger partial charge in [-0.15, -0.1) is 0 Å². The molecule has 3 rings (SSSR count). The molecule has 1 aromatic rings. The zero-order valence-corrected chi connectivity index (χ0v) is 15.2. The molecule has 2 aliphatic rings. The van der Waals surface area contributed by atoms with Crippen molar-refractivity contribution in [1.82, 2.24) is 4.90 Å². The maximum absolute atomic E-state index is 12.2. The van der Waals surface area contributed by atoms with Gasteiger partial charge in [0.25, 0.3) is 0 Å². The van der Waals surface area contributed by atoms with E-state index in [-0.39, 0.29) is 11.9 Å². The predicted octanol–water partition coefficient (Wildman–Crippen LogP) is 2.30. The van der Waals surface area contributed by atoms with Gasteiger partial charge in [0.2, 0.25) is 5.91 Å². The standard InChI is InChI=1S/C19H27NO5/c1-4-23-10-11-24-13-7-8-14-15(12-13)25-19(2,3)18(22)17(14)20-9-5-6-16(20)21/h7-8,12,17-18,22H,4-6,9-11H2,1-3H3/t17-,18+/m0/s1. The van der Waals surface area contributed by atoms with Crippen LogP contribution in [0.4, 0.5) is 0 Å². The number of ether oxygens (including phenoxy) is 3. The van der Waals surface area contributed by atoms with E-state index in [1.54, 1.807) is 4.90 Å². The summed E-state index contributed by atoms with van der Waals surface area (Å²) in [6, 6.07) is 5.20. The summed E-state index contributed by atoms with van der Waals surface area (Å²) >= 11 is 0. The molecule has 0 saturated carbocycles. The van der Waals surface area contributed by atoms with Gasteiger partial charge in [-0.05, 0) is 39.3 Å². The Morgan fingerprint density at radius 3 is 2.84 bits per heavy atom. The summed E-state index contributed by atoms with van der Waals surface area (Å²) in [5.41, 5.74) is 0.0454. The van der Waals surface area contributed by atoms with Crippen molar-refractivity contribution < 1.29 is 24.1 Å². The van der Waals surface area contributed by atoms with Gasteiger partial charge in [-0.3, -0.25) is 4.79 Å². The number of amides is 1. The van der Waals surface area contributed by atoms with E-state index in [4.69, 9.17) is 14.2 Å². The van der Waals surface area contributed by atoms with Crippen LogP contribution in [-0.2, 0) is 9.53 Å². The molecule has 2 atom stereocenters. The number of rotatable bonds is 6. The largest absolute Gasteiger partial charge is 0.491 e. The molecule has 25 heavy (non-hydrogen) atoms. The molecule has 1 saturated heterocycles. The normalized spacial score (nSPS) is 24.8. The number of hydrogen-bond donors (Lipinski definition) is 1. The average molecular weight is 349 g/mol. The van der Waals surface area contributed by atoms with E-state index in [0.29, 0.717) is 44.3 Å². The Bertz CT molecular complexity index is 630. The molecular formula is C19H27NO5. The summed E-state index contributed by atoms with van der Waals surface area (Å²) in [6.45, 7) is 7.96. The van der Waals surface area contributed by atoms with E-state index >= 15 is 0 Å². The van der Waals surface area contributed by atoms with Crippen LogP contribution >= 0.6 is 0 Å². The van der Waals surface area contributed by atoms with Gasteiger partial charge in [0.1, 0.15) is 29.8 Å².